The fourth-order valence-corrected chi connectivity index (χ4v) is 3.47. The standard InChI is InChI=1S/C15H15N3O2S/c1-10-3-2-4-12(7-10)18-21(19,20)15-9-17-14-6-5-11(16)8-13(14)15/h2-9,17-18H,16H2,1H3. The van der Waals surface area contributed by atoms with Crippen LogP contribution in [-0.2, 0) is 10.0 Å². The highest BCUT2D eigenvalue weighted by atomic mass is 32.2. The Hall–Kier alpha value is -2.47. The Morgan fingerprint density at radius 2 is 1.95 bits per heavy atom. The lowest BCUT2D eigenvalue weighted by molar-refractivity contribution is 0.602. The number of nitrogens with two attached hydrogens (primary N) is 1. The molecule has 0 aliphatic heterocycles. The van der Waals surface area contributed by atoms with Gasteiger partial charge in [0.1, 0.15) is 4.90 Å². The summed E-state index contributed by atoms with van der Waals surface area (Å²) in [5.74, 6) is 0. The number of aromatic nitrogens is 1. The number of rotatable bonds is 3. The molecule has 1 heterocycles. The fourth-order valence-electron chi connectivity index (χ4n) is 2.25. The third kappa shape index (κ3) is 2.57. The zero-order valence-corrected chi connectivity index (χ0v) is 12.2. The quantitative estimate of drug-likeness (QED) is 0.650. The Bertz CT molecular complexity index is 914. The Morgan fingerprint density at radius 3 is 2.71 bits per heavy atom. The van der Waals surface area contributed by atoms with Crippen LogP contribution in [0.25, 0.3) is 10.9 Å². The molecule has 0 spiro atoms. The first-order valence-corrected chi connectivity index (χ1v) is 7.90. The summed E-state index contributed by atoms with van der Waals surface area (Å²) in [6.07, 6.45) is 1.47. The molecule has 6 heteroatoms. The highest BCUT2D eigenvalue weighted by molar-refractivity contribution is 7.93. The smallest absolute Gasteiger partial charge is 0.264 e. The Labute approximate surface area is 122 Å². The monoisotopic (exact) mass is 301 g/mol. The first-order valence-electron chi connectivity index (χ1n) is 6.42. The number of hydrogen-bond donors (Lipinski definition) is 3. The number of hydrogen-bond acceptors (Lipinski definition) is 3. The molecule has 5 nitrogen and oxygen atoms in total. The van der Waals surface area contributed by atoms with Crippen molar-refractivity contribution in [2.24, 2.45) is 0 Å². The second-order valence-corrected chi connectivity index (χ2v) is 6.58. The van der Waals surface area contributed by atoms with E-state index in [4.69, 9.17) is 5.73 Å². The van der Waals surface area contributed by atoms with Gasteiger partial charge in [-0.1, -0.05) is 12.1 Å². The van der Waals surface area contributed by atoms with Crippen molar-refractivity contribution in [1.29, 1.82) is 0 Å². The number of anilines is 2. The van der Waals surface area contributed by atoms with Gasteiger partial charge in [-0.15, -0.1) is 0 Å². The predicted octanol–water partition coefficient (Wildman–Crippen LogP) is 2.86. The molecule has 3 rings (SSSR count). The molecule has 0 bridgehead atoms. The molecule has 2 aromatic carbocycles. The van der Waals surface area contributed by atoms with Crippen LogP contribution in [0.2, 0.25) is 0 Å². The number of H-pyrrole nitrogens is 1. The topological polar surface area (TPSA) is 88.0 Å². The molecule has 0 aliphatic rings. The van der Waals surface area contributed by atoms with E-state index in [9.17, 15) is 8.42 Å². The van der Waals surface area contributed by atoms with E-state index in [1.807, 2.05) is 13.0 Å². The molecule has 108 valence electrons. The number of benzene rings is 2. The summed E-state index contributed by atoms with van der Waals surface area (Å²) in [5.41, 5.74) is 8.51. The molecule has 0 saturated carbocycles. The minimum atomic E-state index is -3.67. The van der Waals surface area contributed by atoms with Gasteiger partial charge in [-0.3, -0.25) is 4.72 Å². The van der Waals surface area contributed by atoms with Gasteiger partial charge in [0.05, 0.1) is 0 Å². The lowest BCUT2D eigenvalue weighted by Gasteiger charge is -2.08. The first-order chi connectivity index (χ1) is 9.95. The lowest BCUT2D eigenvalue weighted by atomic mass is 10.2. The Balaban J connectivity index is 2.06. The van der Waals surface area contributed by atoms with Crippen molar-refractivity contribution in [2.45, 2.75) is 11.8 Å². The zero-order valence-electron chi connectivity index (χ0n) is 11.4. The molecule has 3 aromatic rings. The van der Waals surface area contributed by atoms with Crippen molar-refractivity contribution in [3.63, 3.8) is 0 Å². The van der Waals surface area contributed by atoms with Gasteiger partial charge in [0.15, 0.2) is 0 Å². The minimum Gasteiger partial charge on any atom is -0.399 e. The molecule has 0 radical (unpaired) electrons. The molecule has 0 unspecified atom stereocenters. The third-order valence-corrected chi connectivity index (χ3v) is 4.65. The van der Waals surface area contributed by atoms with Crippen LogP contribution < -0.4 is 10.5 Å². The average molecular weight is 301 g/mol. The fraction of sp³-hybridized carbons (Fsp3) is 0.0667. The van der Waals surface area contributed by atoms with E-state index < -0.39 is 10.0 Å². The number of aryl methyl sites for hydroxylation is 1. The SMILES string of the molecule is Cc1cccc(NS(=O)(=O)c2c[nH]c3ccc(N)cc23)c1. The lowest BCUT2D eigenvalue weighted by Crippen LogP contribution is -2.12. The summed E-state index contributed by atoms with van der Waals surface area (Å²) < 4.78 is 27.6. The van der Waals surface area contributed by atoms with E-state index in [2.05, 4.69) is 9.71 Å². The summed E-state index contributed by atoms with van der Waals surface area (Å²) in [7, 11) is -3.67. The largest absolute Gasteiger partial charge is 0.399 e. The number of nitrogens with one attached hydrogen (secondary N) is 2. The molecular weight excluding hydrogens is 286 g/mol. The normalized spacial score (nSPS) is 11.7. The van der Waals surface area contributed by atoms with Crippen molar-refractivity contribution in [3.05, 3.63) is 54.2 Å². The van der Waals surface area contributed by atoms with Crippen molar-refractivity contribution in [3.8, 4) is 0 Å². The van der Waals surface area contributed by atoms with E-state index in [1.165, 1.54) is 6.20 Å². The van der Waals surface area contributed by atoms with Crippen molar-refractivity contribution >= 4 is 32.3 Å². The van der Waals surface area contributed by atoms with Crippen LogP contribution in [-0.4, -0.2) is 13.4 Å². The molecule has 0 atom stereocenters. The van der Waals surface area contributed by atoms with Crippen molar-refractivity contribution in [2.75, 3.05) is 10.5 Å². The molecule has 1 aromatic heterocycles. The van der Waals surface area contributed by atoms with Gasteiger partial charge in [0.25, 0.3) is 10.0 Å². The molecule has 0 amide bonds. The average Bonchev–Trinajstić information content (AvgIpc) is 2.81. The second-order valence-electron chi connectivity index (χ2n) is 4.93. The van der Waals surface area contributed by atoms with Crippen LogP contribution in [0.5, 0.6) is 0 Å². The third-order valence-electron chi connectivity index (χ3n) is 3.23. The van der Waals surface area contributed by atoms with Gasteiger partial charge in [-0.2, -0.15) is 0 Å². The van der Waals surface area contributed by atoms with Crippen LogP contribution in [0.3, 0.4) is 0 Å². The van der Waals surface area contributed by atoms with Crippen LogP contribution in [0.4, 0.5) is 11.4 Å². The van der Waals surface area contributed by atoms with E-state index in [1.54, 1.807) is 36.4 Å². The van der Waals surface area contributed by atoms with Gasteiger partial charge >= 0.3 is 0 Å². The highest BCUT2D eigenvalue weighted by Gasteiger charge is 2.19. The first kappa shape index (κ1) is 13.5. The van der Waals surface area contributed by atoms with Gasteiger partial charge in [0, 0.05) is 28.5 Å². The molecule has 0 fully saturated rings. The predicted molar refractivity (Wildman–Crippen MR) is 84.7 cm³/mol. The number of sulfonamides is 1. The Morgan fingerprint density at radius 1 is 1.14 bits per heavy atom. The molecule has 0 saturated heterocycles. The van der Waals surface area contributed by atoms with E-state index in [0.29, 0.717) is 16.8 Å². The maximum Gasteiger partial charge on any atom is 0.264 e. The van der Waals surface area contributed by atoms with Crippen LogP contribution in [0.15, 0.2) is 53.6 Å². The van der Waals surface area contributed by atoms with E-state index in [-0.39, 0.29) is 4.90 Å². The second kappa shape index (κ2) is 4.82. The van der Waals surface area contributed by atoms with Gasteiger partial charge in [-0.05, 0) is 42.8 Å². The summed E-state index contributed by atoms with van der Waals surface area (Å²) in [5, 5.41) is 0.579. The maximum atomic E-state index is 12.5. The van der Waals surface area contributed by atoms with Crippen LogP contribution >= 0.6 is 0 Å². The summed E-state index contributed by atoms with van der Waals surface area (Å²) >= 11 is 0. The molecule has 21 heavy (non-hydrogen) atoms. The van der Waals surface area contributed by atoms with Gasteiger partial charge in [0.2, 0.25) is 0 Å². The van der Waals surface area contributed by atoms with Crippen molar-refractivity contribution in [1.82, 2.24) is 4.98 Å². The van der Waals surface area contributed by atoms with Gasteiger partial charge in [-0.25, -0.2) is 8.42 Å². The summed E-state index contributed by atoms with van der Waals surface area (Å²) in [4.78, 5) is 3.13. The van der Waals surface area contributed by atoms with Crippen LogP contribution in [0, 0.1) is 6.92 Å². The number of aromatic amines is 1. The van der Waals surface area contributed by atoms with Gasteiger partial charge < -0.3 is 10.7 Å². The number of nitrogen functional groups attached to an aromatic ring is 1. The van der Waals surface area contributed by atoms with E-state index >= 15 is 0 Å². The molecular formula is C15H15N3O2S. The highest BCUT2D eigenvalue weighted by Crippen LogP contribution is 2.26. The molecule has 4 N–H and O–H groups in total. The Kier molecular flexibility index (Phi) is 3.10. The van der Waals surface area contributed by atoms with E-state index in [0.717, 1.165) is 11.1 Å². The van der Waals surface area contributed by atoms with Crippen LogP contribution in [0.1, 0.15) is 5.56 Å². The maximum absolute atomic E-state index is 12.5. The summed E-state index contributed by atoms with van der Waals surface area (Å²) in [6.45, 7) is 1.91. The molecule has 0 aliphatic carbocycles. The number of fused-ring (bicyclic) bond motifs is 1. The zero-order chi connectivity index (χ0) is 15.0. The minimum absolute atomic E-state index is 0.186. The summed E-state index contributed by atoms with van der Waals surface area (Å²) in [6, 6.07) is 12.3. The van der Waals surface area contributed by atoms with Crippen molar-refractivity contribution < 1.29 is 8.42 Å².